The molecule has 92 valence electrons. The molecular weight excluding hydrogens is 204 g/mol. The number of hydrogen-bond donors (Lipinski definition) is 1. The summed E-state index contributed by atoms with van der Waals surface area (Å²) in [7, 11) is 2.08. The molecule has 2 fully saturated rings. The predicted octanol–water partition coefficient (Wildman–Crippen LogP) is 0.311. The van der Waals surface area contributed by atoms with Crippen molar-refractivity contribution in [1.29, 1.82) is 0 Å². The first-order valence-electron chi connectivity index (χ1n) is 6.32. The van der Waals surface area contributed by atoms with Crippen LogP contribution in [0.15, 0.2) is 0 Å². The van der Waals surface area contributed by atoms with Crippen LogP contribution in [0.3, 0.4) is 0 Å². The number of carbonyl (C=O) groups is 1. The fraction of sp³-hybridized carbons (Fsp3) is 0.917. The van der Waals surface area contributed by atoms with Crippen molar-refractivity contribution in [2.75, 3.05) is 33.2 Å². The van der Waals surface area contributed by atoms with Crippen LogP contribution < -0.4 is 0 Å². The lowest BCUT2D eigenvalue weighted by Gasteiger charge is -2.35. The summed E-state index contributed by atoms with van der Waals surface area (Å²) in [6.07, 6.45) is 3.45. The molecule has 0 saturated carbocycles. The first-order valence-corrected chi connectivity index (χ1v) is 6.32. The summed E-state index contributed by atoms with van der Waals surface area (Å²) in [5, 5.41) is 9.41. The van der Waals surface area contributed by atoms with Gasteiger partial charge in [-0.2, -0.15) is 0 Å². The standard InChI is InChI=1S/C12H22N2O2/c1-13-6-2-3-10(9-13)12(16)14-7-4-11(15)5-8-14/h10-11,15H,2-9H2,1H3/t10-/m1/s1. The van der Waals surface area contributed by atoms with E-state index in [-0.39, 0.29) is 12.0 Å². The van der Waals surface area contributed by atoms with Gasteiger partial charge in [-0.05, 0) is 39.3 Å². The fourth-order valence-electron chi connectivity index (χ4n) is 2.71. The average Bonchev–Trinajstić information content (AvgIpc) is 2.29. The summed E-state index contributed by atoms with van der Waals surface area (Å²) >= 11 is 0. The Labute approximate surface area is 97.2 Å². The topological polar surface area (TPSA) is 43.8 Å². The quantitative estimate of drug-likeness (QED) is 0.700. The van der Waals surface area contributed by atoms with Crippen LogP contribution in [0.2, 0.25) is 0 Å². The first-order chi connectivity index (χ1) is 7.66. The van der Waals surface area contributed by atoms with E-state index in [0.717, 1.165) is 51.9 Å². The highest BCUT2D eigenvalue weighted by atomic mass is 16.3. The zero-order valence-corrected chi connectivity index (χ0v) is 10.1. The number of aliphatic hydroxyl groups is 1. The fourth-order valence-corrected chi connectivity index (χ4v) is 2.71. The molecule has 2 aliphatic heterocycles. The zero-order chi connectivity index (χ0) is 11.5. The number of nitrogens with zero attached hydrogens (tertiary/aromatic N) is 2. The lowest BCUT2D eigenvalue weighted by molar-refractivity contribution is -0.139. The highest BCUT2D eigenvalue weighted by Crippen LogP contribution is 2.20. The Morgan fingerprint density at radius 2 is 1.88 bits per heavy atom. The number of likely N-dealkylation sites (tertiary alicyclic amines) is 2. The van der Waals surface area contributed by atoms with Gasteiger partial charge in [0.15, 0.2) is 0 Å². The number of carbonyl (C=O) groups excluding carboxylic acids is 1. The maximum absolute atomic E-state index is 12.2. The summed E-state index contributed by atoms with van der Waals surface area (Å²) in [6.45, 7) is 3.49. The summed E-state index contributed by atoms with van der Waals surface area (Å²) in [5.41, 5.74) is 0. The van der Waals surface area contributed by atoms with Gasteiger partial charge in [-0.15, -0.1) is 0 Å². The molecule has 4 nitrogen and oxygen atoms in total. The van der Waals surface area contributed by atoms with Gasteiger partial charge in [0.1, 0.15) is 0 Å². The van der Waals surface area contributed by atoms with Gasteiger partial charge in [0, 0.05) is 19.6 Å². The van der Waals surface area contributed by atoms with Crippen molar-refractivity contribution in [2.24, 2.45) is 5.92 Å². The van der Waals surface area contributed by atoms with Gasteiger partial charge in [-0.1, -0.05) is 0 Å². The van der Waals surface area contributed by atoms with E-state index in [1.807, 2.05) is 4.90 Å². The molecule has 2 aliphatic rings. The Balaban J connectivity index is 1.86. The molecule has 1 amide bonds. The minimum absolute atomic E-state index is 0.189. The molecule has 0 aromatic carbocycles. The van der Waals surface area contributed by atoms with E-state index in [9.17, 15) is 9.90 Å². The number of hydrogen-bond acceptors (Lipinski definition) is 3. The molecule has 1 atom stereocenters. The molecule has 16 heavy (non-hydrogen) atoms. The van der Waals surface area contributed by atoms with Gasteiger partial charge in [0.05, 0.1) is 12.0 Å². The molecule has 0 spiro atoms. The zero-order valence-electron chi connectivity index (χ0n) is 10.1. The highest BCUT2D eigenvalue weighted by molar-refractivity contribution is 5.79. The Morgan fingerprint density at radius 1 is 1.19 bits per heavy atom. The SMILES string of the molecule is CN1CCC[C@@H](C(=O)N2CCC(O)CC2)C1. The molecule has 4 heteroatoms. The molecule has 0 aliphatic carbocycles. The van der Waals surface area contributed by atoms with Crippen molar-refractivity contribution in [1.82, 2.24) is 9.80 Å². The molecule has 0 aromatic heterocycles. The molecule has 2 saturated heterocycles. The van der Waals surface area contributed by atoms with Crippen molar-refractivity contribution in [3.05, 3.63) is 0 Å². The molecule has 0 bridgehead atoms. The van der Waals surface area contributed by atoms with Crippen LogP contribution in [0.1, 0.15) is 25.7 Å². The maximum atomic E-state index is 12.2. The van der Waals surface area contributed by atoms with E-state index >= 15 is 0 Å². The second-order valence-corrected chi connectivity index (χ2v) is 5.16. The molecule has 0 unspecified atom stereocenters. The summed E-state index contributed by atoms with van der Waals surface area (Å²) in [5.74, 6) is 0.493. The second-order valence-electron chi connectivity index (χ2n) is 5.16. The van der Waals surface area contributed by atoms with Crippen LogP contribution in [0, 0.1) is 5.92 Å². The minimum atomic E-state index is -0.196. The van der Waals surface area contributed by atoms with Gasteiger partial charge in [0.25, 0.3) is 0 Å². The van der Waals surface area contributed by atoms with Crippen molar-refractivity contribution in [3.63, 3.8) is 0 Å². The summed E-state index contributed by atoms with van der Waals surface area (Å²) in [4.78, 5) is 16.4. The third-order valence-corrected chi connectivity index (χ3v) is 3.75. The molecular formula is C12H22N2O2. The lowest BCUT2D eigenvalue weighted by atomic mass is 9.95. The maximum Gasteiger partial charge on any atom is 0.226 e. The molecule has 2 heterocycles. The molecule has 1 N–H and O–H groups in total. The summed E-state index contributed by atoms with van der Waals surface area (Å²) in [6, 6.07) is 0. The van der Waals surface area contributed by atoms with Gasteiger partial charge in [-0.3, -0.25) is 4.79 Å². The van der Waals surface area contributed by atoms with Gasteiger partial charge >= 0.3 is 0 Å². The van der Waals surface area contributed by atoms with Crippen LogP contribution in [-0.2, 0) is 4.79 Å². The van der Waals surface area contributed by atoms with E-state index in [2.05, 4.69) is 11.9 Å². The van der Waals surface area contributed by atoms with Gasteiger partial charge in [0.2, 0.25) is 5.91 Å². The third kappa shape index (κ3) is 2.74. The van der Waals surface area contributed by atoms with E-state index in [1.54, 1.807) is 0 Å². The Bertz CT molecular complexity index is 249. The predicted molar refractivity (Wildman–Crippen MR) is 62.0 cm³/mol. The number of piperidine rings is 2. The van der Waals surface area contributed by atoms with Gasteiger partial charge in [-0.25, -0.2) is 0 Å². The van der Waals surface area contributed by atoms with Crippen LogP contribution in [-0.4, -0.2) is 60.1 Å². The first kappa shape index (κ1) is 11.9. The number of rotatable bonds is 1. The summed E-state index contributed by atoms with van der Waals surface area (Å²) < 4.78 is 0. The van der Waals surface area contributed by atoms with Crippen molar-refractivity contribution < 1.29 is 9.90 Å². The minimum Gasteiger partial charge on any atom is -0.393 e. The van der Waals surface area contributed by atoms with E-state index in [1.165, 1.54) is 0 Å². The average molecular weight is 226 g/mol. The van der Waals surface area contributed by atoms with E-state index in [4.69, 9.17) is 0 Å². The third-order valence-electron chi connectivity index (χ3n) is 3.75. The van der Waals surface area contributed by atoms with E-state index < -0.39 is 0 Å². The normalized spacial score (nSPS) is 29.4. The van der Waals surface area contributed by atoms with Crippen LogP contribution in [0.5, 0.6) is 0 Å². The molecule has 0 radical (unpaired) electrons. The number of amides is 1. The number of aliphatic hydroxyl groups excluding tert-OH is 1. The van der Waals surface area contributed by atoms with Gasteiger partial charge < -0.3 is 14.9 Å². The van der Waals surface area contributed by atoms with E-state index in [0.29, 0.717) is 5.91 Å². The van der Waals surface area contributed by atoms with Crippen molar-refractivity contribution in [3.8, 4) is 0 Å². The Kier molecular flexibility index (Phi) is 3.82. The van der Waals surface area contributed by atoms with Crippen LogP contribution >= 0.6 is 0 Å². The van der Waals surface area contributed by atoms with Crippen LogP contribution in [0.25, 0.3) is 0 Å². The van der Waals surface area contributed by atoms with Crippen molar-refractivity contribution in [2.45, 2.75) is 31.8 Å². The second kappa shape index (κ2) is 5.15. The smallest absolute Gasteiger partial charge is 0.226 e. The largest absolute Gasteiger partial charge is 0.393 e. The monoisotopic (exact) mass is 226 g/mol. The lowest BCUT2D eigenvalue weighted by Crippen LogP contribution is -2.47. The Morgan fingerprint density at radius 3 is 2.50 bits per heavy atom. The molecule has 0 aromatic rings. The van der Waals surface area contributed by atoms with Crippen LogP contribution in [0.4, 0.5) is 0 Å². The molecule has 2 rings (SSSR count). The highest BCUT2D eigenvalue weighted by Gasteiger charge is 2.29. The van der Waals surface area contributed by atoms with Crippen molar-refractivity contribution >= 4 is 5.91 Å². The Hall–Kier alpha value is -0.610.